The van der Waals surface area contributed by atoms with Crippen molar-refractivity contribution in [1.82, 2.24) is 15.5 Å². The van der Waals surface area contributed by atoms with Crippen LogP contribution in [0.2, 0.25) is 0 Å². The maximum absolute atomic E-state index is 12.1. The molecule has 2 unspecified atom stereocenters. The van der Waals surface area contributed by atoms with Crippen LogP contribution < -0.4 is 10.6 Å². The number of benzene rings is 2. The molecule has 0 radical (unpaired) electrons. The lowest BCUT2D eigenvalue weighted by atomic mass is 10.0. The van der Waals surface area contributed by atoms with E-state index >= 15 is 0 Å². The van der Waals surface area contributed by atoms with Gasteiger partial charge in [0.05, 0.1) is 11.6 Å². The fourth-order valence-corrected chi connectivity index (χ4v) is 2.82. The summed E-state index contributed by atoms with van der Waals surface area (Å²) in [6.45, 7) is 4.33. The van der Waals surface area contributed by atoms with Gasteiger partial charge >= 0.3 is 6.03 Å². The van der Waals surface area contributed by atoms with Crippen LogP contribution in [0.4, 0.5) is 4.79 Å². The largest absolute Gasteiger partial charge is 0.387 e. The number of hydrogen-bond acceptors (Lipinski definition) is 3. The molecule has 0 spiro atoms. The molecule has 2 rings (SSSR count). The average Bonchev–Trinajstić information content (AvgIpc) is 2.51. The van der Waals surface area contributed by atoms with E-state index in [1.807, 2.05) is 44.1 Å². The summed E-state index contributed by atoms with van der Waals surface area (Å²) in [5, 5.41) is 18.2. The molecule has 0 heterocycles. The van der Waals surface area contributed by atoms with Crippen LogP contribution in [0.15, 0.2) is 42.5 Å². The molecule has 2 amide bonds. The van der Waals surface area contributed by atoms with Gasteiger partial charge in [0.1, 0.15) is 0 Å². The van der Waals surface area contributed by atoms with Gasteiger partial charge in [-0.05, 0) is 50.3 Å². The highest BCUT2D eigenvalue weighted by Gasteiger charge is 2.22. The van der Waals surface area contributed by atoms with Crippen LogP contribution >= 0.6 is 0 Å². The van der Waals surface area contributed by atoms with Gasteiger partial charge in [0.25, 0.3) is 0 Å². The molecule has 5 nitrogen and oxygen atoms in total. The van der Waals surface area contributed by atoms with Crippen molar-refractivity contribution < 1.29 is 9.90 Å². The van der Waals surface area contributed by atoms with Gasteiger partial charge in [0, 0.05) is 13.1 Å². The monoisotopic (exact) mass is 329 g/mol. The first kappa shape index (κ1) is 18.2. The van der Waals surface area contributed by atoms with Crippen molar-refractivity contribution in [3.8, 4) is 0 Å². The summed E-state index contributed by atoms with van der Waals surface area (Å²) >= 11 is 0. The zero-order chi connectivity index (χ0) is 17.7. The van der Waals surface area contributed by atoms with Gasteiger partial charge in [-0.1, -0.05) is 36.4 Å². The number of nitrogens with zero attached hydrogens (tertiary/aromatic N) is 1. The molecule has 0 aromatic heterocycles. The summed E-state index contributed by atoms with van der Waals surface area (Å²) in [4.78, 5) is 14.0. The molecule has 5 heteroatoms. The Morgan fingerprint density at radius 3 is 2.54 bits per heavy atom. The van der Waals surface area contributed by atoms with Gasteiger partial charge in [-0.15, -0.1) is 0 Å². The van der Waals surface area contributed by atoms with Crippen molar-refractivity contribution in [3.63, 3.8) is 0 Å². The van der Waals surface area contributed by atoms with Gasteiger partial charge in [-0.25, -0.2) is 4.79 Å². The fraction of sp³-hybridized carbons (Fsp3) is 0.421. The highest BCUT2D eigenvalue weighted by atomic mass is 16.3. The second kappa shape index (κ2) is 7.64. The second-order valence-electron chi connectivity index (χ2n) is 6.89. The molecule has 0 fully saturated rings. The Labute approximate surface area is 143 Å². The SMILES string of the molecule is CC(NC(=O)NCC(C)(O)CN(C)C)c1ccc2ccccc2c1. The molecular weight excluding hydrogens is 302 g/mol. The van der Waals surface area contributed by atoms with Crippen molar-refractivity contribution in [2.24, 2.45) is 0 Å². The summed E-state index contributed by atoms with van der Waals surface area (Å²) < 4.78 is 0. The molecular formula is C19H27N3O2. The molecule has 0 bridgehead atoms. The minimum absolute atomic E-state index is 0.117. The van der Waals surface area contributed by atoms with Crippen LogP contribution in [0.25, 0.3) is 10.8 Å². The number of hydrogen-bond donors (Lipinski definition) is 3. The van der Waals surface area contributed by atoms with Crippen molar-refractivity contribution in [1.29, 1.82) is 0 Å². The van der Waals surface area contributed by atoms with Crippen LogP contribution in [-0.4, -0.2) is 48.8 Å². The predicted octanol–water partition coefficient (Wildman–Crippen LogP) is 2.51. The third-order valence-corrected chi connectivity index (χ3v) is 3.91. The van der Waals surface area contributed by atoms with E-state index in [2.05, 4.69) is 34.9 Å². The van der Waals surface area contributed by atoms with Crippen LogP contribution in [0, 0.1) is 0 Å². The van der Waals surface area contributed by atoms with Crippen molar-refractivity contribution in [2.45, 2.75) is 25.5 Å². The van der Waals surface area contributed by atoms with Gasteiger partial charge in [-0.3, -0.25) is 0 Å². The molecule has 130 valence electrons. The van der Waals surface area contributed by atoms with Gasteiger partial charge in [-0.2, -0.15) is 0 Å². The van der Waals surface area contributed by atoms with Crippen molar-refractivity contribution >= 4 is 16.8 Å². The Kier molecular flexibility index (Phi) is 5.80. The Bertz CT molecular complexity index is 698. The van der Waals surface area contributed by atoms with E-state index in [4.69, 9.17) is 0 Å². The Balaban J connectivity index is 1.93. The topological polar surface area (TPSA) is 64.6 Å². The Morgan fingerprint density at radius 2 is 1.88 bits per heavy atom. The highest BCUT2D eigenvalue weighted by Crippen LogP contribution is 2.20. The summed E-state index contributed by atoms with van der Waals surface area (Å²) in [7, 11) is 3.77. The van der Waals surface area contributed by atoms with E-state index < -0.39 is 5.60 Å². The Morgan fingerprint density at radius 1 is 1.21 bits per heavy atom. The third kappa shape index (κ3) is 5.22. The van der Waals surface area contributed by atoms with E-state index in [1.165, 1.54) is 5.39 Å². The minimum Gasteiger partial charge on any atom is -0.387 e. The first-order valence-corrected chi connectivity index (χ1v) is 8.17. The number of rotatable bonds is 6. The number of carbonyl (C=O) groups is 1. The highest BCUT2D eigenvalue weighted by molar-refractivity contribution is 5.83. The van der Waals surface area contributed by atoms with Crippen LogP contribution in [0.5, 0.6) is 0 Å². The van der Waals surface area contributed by atoms with E-state index in [9.17, 15) is 9.90 Å². The molecule has 24 heavy (non-hydrogen) atoms. The van der Waals surface area contributed by atoms with Gasteiger partial charge < -0.3 is 20.6 Å². The predicted molar refractivity (Wildman–Crippen MR) is 98.1 cm³/mol. The molecule has 0 saturated heterocycles. The first-order chi connectivity index (χ1) is 11.3. The van der Waals surface area contributed by atoms with Crippen LogP contribution in [0.3, 0.4) is 0 Å². The summed E-state index contributed by atoms with van der Waals surface area (Å²) in [6, 6.07) is 13.9. The van der Waals surface area contributed by atoms with Gasteiger partial charge in [0.2, 0.25) is 0 Å². The average molecular weight is 329 g/mol. The molecule has 0 aliphatic rings. The van der Waals surface area contributed by atoms with Crippen molar-refractivity contribution in [3.05, 3.63) is 48.0 Å². The molecule has 3 N–H and O–H groups in total. The molecule has 2 aromatic carbocycles. The van der Waals surface area contributed by atoms with Crippen LogP contribution in [0.1, 0.15) is 25.5 Å². The number of carbonyl (C=O) groups excluding carboxylic acids is 1. The minimum atomic E-state index is -0.965. The summed E-state index contributed by atoms with van der Waals surface area (Å²) in [6.07, 6.45) is 0. The van der Waals surface area contributed by atoms with Crippen LogP contribution in [-0.2, 0) is 0 Å². The number of urea groups is 1. The lowest BCUT2D eigenvalue weighted by Gasteiger charge is -2.27. The van der Waals surface area contributed by atoms with E-state index in [1.54, 1.807) is 6.92 Å². The summed E-state index contributed by atoms with van der Waals surface area (Å²) in [5.74, 6) is 0. The van der Waals surface area contributed by atoms with Gasteiger partial charge in [0.15, 0.2) is 0 Å². The van der Waals surface area contributed by atoms with E-state index in [0.29, 0.717) is 6.54 Å². The molecule has 2 aromatic rings. The molecule has 0 aliphatic heterocycles. The fourth-order valence-electron chi connectivity index (χ4n) is 2.82. The standard InChI is InChI=1S/C19H27N3O2/c1-14(16-10-9-15-7-5-6-8-17(15)11-16)21-18(23)20-12-19(2,24)13-22(3)4/h5-11,14,24H,12-13H2,1-4H3,(H2,20,21,23). The number of amides is 2. The smallest absolute Gasteiger partial charge is 0.315 e. The van der Waals surface area contributed by atoms with Crippen molar-refractivity contribution in [2.75, 3.05) is 27.2 Å². The summed E-state index contributed by atoms with van der Waals surface area (Å²) in [5.41, 5.74) is 0.0800. The second-order valence-corrected chi connectivity index (χ2v) is 6.89. The number of aliphatic hydroxyl groups is 1. The van der Waals surface area contributed by atoms with E-state index in [0.717, 1.165) is 10.9 Å². The lowest BCUT2D eigenvalue weighted by molar-refractivity contribution is 0.0359. The maximum atomic E-state index is 12.1. The molecule has 2 atom stereocenters. The lowest BCUT2D eigenvalue weighted by Crippen LogP contribution is -2.49. The molecule has 0 aliphatic carbocycles. The molecule has 0 saturated carbocycles. The Hall–Kier alpha value is -2.11. The zero-order valence-electron chi connectivity index (χ0n) is 14.8. The zero-order valence-corrected chi connectivity index (χ0v) is 14.8. The third-order valence-electron chi connectivity index (χ3n) is 3.91. The first-order valence-electron chi connectivity index (χ1n) is 8.17. The number of nitrogens with one attached hydrogen (secondary N) is 2. The quantitative estimate of drug-likeness (QED) is 0.763. The van der Waals surface area contributed by atoms with E-state index in [-0.39, 0.29) is 18.6 Å². The maximum Gasteiger partial charge on any atom is 0.315 e. The number of likely N-dealkylation sites (N-methyl/N-ethyl adjacent to an activating group) is 1. The normalized spacial score (nSPS) is 15.1. The number of fused-ring (bicyclic) bond motifs is 1.